The first-order valence-electron chi connectivity index (χ1n) is 9.32. The van der Waals surface area contributed by atoms with Gasteiger partial charge in [-0.15, -0.1) is 0 Å². The lowest BCUT2D eigenvalue weighted by Gasteiger charge is -2.29. The van der Waals surface area contributed by atoms with Crippen molar-refractivity contribution in [1.82, 2.24) is 4.90 Å². The molecule has 0 saturated heterocycles. The van der Waals surface area contributed by atoms with Crippen LogP contribution in [-0.2, 0) is 19.4 Å². The molecule has 1 aliphatic rings. The van der Waals surface area contributed by atoms with Crippen LogP contribution in [0.2, 0.25) is 0 Å². The number of ether oxygens (including phenoxy) is 1. The van der Waals surface area contributed by atoms with Crippen molar-refractivity contribution in [1.29, 1.82) is 0 Å². The second kappa shape index (κ2) is 7.53. The molecule has 5 heteroatoms. The third kappa shape index (κ3) is 3.74. The van der Waals surface area contributed by atoms with Gasteiger partial charge in [0, 0.05) is 24.5 Å². The molecule has 0 fully saturated rings. The van der Waals surface area contributed by atoms with E-state index in [0.29, 0.717) is 18.9 Å². The molecule has 0 saturated carbocycles. The summed E-state index contributed by atoms with van der Waals surface area (Å²) in [5.74, 6) is 0.552. The molecule has 2 heterocycles. The zero-order valence-corrected chi connectivity index (χ0v) is 15.3. The molecule has 0 amide bonds. The largest absolute Gasteiger partial charge is 0.478 e. The van der Waals surface area contributed by atoms with Crippen LogP contribution in [0, 0.1) is 5.82 Å². The van der Waals surface area contributed by atoms with Crippen LogP contribution in [0.1, 0.15) is 30.0 Å². The minimum atomic E-state index is -0.317. The molecular formula is C22H22FNO3. The minimum Gasteiger partial charge on any atom is -0.478 e. The number of benzene rings is 2. The standard InChI is InChI=1S/C22H22FNO3/c1-2-3-16-12-21(25)27-22-18(16)8-9-20-19(22)13-24(14-26-20)11-10-15-4-6-17(23)7-5-15/h4-9,12H,2-3,10-11,13-14H2,1H3. The van der Waals surface area contributed by atoms with Crippen molar-refractivity contribution in [2.24, 2.45) is 0 Å². The van der Waals surface area contributed by atoms with Crippen LogP contribution >= 0.6 is 0 Å². The minimum absolute atomic E-state index is 0.224. The summed E-state index contributed by atoms with van der Waals surface area (Å²) in [5, 5.41) is 0.985. The molecule has 0 atom stereocenters. The average Bonchev–Trinajstić information content (AvgIpc) is 2.67. The first-order valence-corrected chi connectivity index (χ1v) is 9.32. The summed E-state index contributed by atoms with van der Waals surface area (Å²) in [6.45, 7) is 4.02. The Balaban J connectivity index is 1.59. The highest BCUT2D eigenvalue weighted by Gasteiger charge is 2.22. The molecule has 2 aromatic carbocycles. The van der Waals surface area contributed by atoms with E-state index in [1.165, 1.54) is 12.1 Å². The van der Waals surface area contributed by atoms with Gasteiger partial charge in [0.1, 0.15) is 23.9 Å². The number of hydrogen-bond acceptors (Lipinski definition) is 4. The van der Waals surface area contributed by atoms with Crippen molar-refractivity contribution in [2.45, 2.75) is 32.7 Å². The predicted octanol–water partition coefficient (Wildman–Crippen LogP) is 4.28. The summed E-state index contributed by atoms with van der Waals surface area (Å²) < 4.78 is 24.5. The van der Waals surface area contributed by atoms with Crippen molar-refractivity contribution in [3.8, 4) is 5.75 Å². The predicted molar refractivity (Wildman–Crippen MR) is 102 cm³/mol. The number of aryl methyl sites for hydroxylation is 1. The summed E-state index contributed by atoms with van der Waals surface area (Å²) in [6, 6.07) is 12.1. The lowest BCUT2D eigenvalue weighted by molar-refractivity contribution is 0.0967. The average molecular weight is 367 g/mol. The Morgan fingerprint density at radius 3 is 2.70 bits per heavy atom. The van der Waals surface area contributed by atoms with Crippen molar-refractivity contribution in [2.75, 3.05) is 13.3 Å². The monoisotopic (exact) mass is 367 g/mol. The Morgan fingerprint density at radius 2 is 1.93 bits per heavy atom. The third-order valence-corrected chi connectivity index (χ3v) is 4.99. The maximum Gasteiger partial charge on any atom is 0.336 e. The Morgan fingerprint density at radius 1 is 1.11 bits per heavy atom. The van der Waals surface area contributed by atoms with Crippen LogP contribution in [0.5, 0.6) is 5.75 Å². The van der Waals surface area contributed by atoms with E-state index in [2.05, 4.69) is 11.8 Å². The topological polar surface area (TPSA) is 42.7 Å². The van der Waals surface area contributed by atoms with Crippen molar-refractivity contribution < 1.29 is 13.5 Å². The molecule has 0 spiro atoms. The molecule has 1 aromatic heterocycles. The van der Waals surface area contributed by atoms with E-state index < -0.39 is 0 Å². The third-order valence-electron chi connectivity index (χ3n) is 4.99. The first kappa shape index (κ1) is 17.7. The SMILES string of the molecule is CCCc1cc(=O)oc2c3c(ccc12)OCN(CCc1ccc(F)cc1)C3. The number of nitrogens with zero attached hydrogens (tertiary/aromatic N) is 1. The number of rotatable bonds is 5. The van der Waals surface area contributed by atoms with Crippen molar-refractivity contribution in [3.63, 3.8) is 0 Å². The van der Waals surface area contributed by atoms with Crippen LogP contribution in [0.15, 0.2) is 51.7 Å². The van der Waals surface area contributed by atoms with Gasteiger partial charge in [0.25, 0.3) is 0 Å². The zero-order valence-electron chi connectivity index (χ0n) is 15.3. The molecule has 4 rings (SSSR count). The fraction of sp³-hybridized carbons (Fsp3) is 0.318. The van der Waals surface area contributed by atoms with E-state index >= 15 is 0 Å². The van der Waals surface area contributed by atoms with Crippen LogP contribution in [0.25, 0.3) is 11.0 Å². The van der Waals surface area contributed by atoms with Gasteiger partial charge in [-0.1, -0.05) is 25.5 Å². The summed E-state index contributed by atoms with van der Waals surface area (Å²) in [7, 11) is 0. The van der Waals surface area contributed by atoms with Crippen molar-refractivity contribution in [3.05, 3.63) is 75.4 Å². The smallest absolute Gasteiger partial charge is 0.336 e. The molecule has 1 aliphatic heterocycles. The van der Waals surface area contributed by atoms with Gasteiger partial charge in [0.05, 0.1) is 5.56 Å². The highest BCUT2D eigenvalue weighted by molar-refractivity contribution is 5.85. The van der Waals surface area contributed by atoms with Crippen LogP contribution < -0.4 is 10.4 Å². The van der Waals surface area contributed by atoms with Gasteiger partial charge in [-0.25, -0.2) is 9.18 Å². The van der Waals surface area contributed by atoms with Crippen LogP contribution in [0.3, 0.4) is 0 Å². The fourth-order valence-electron chi connectivity index (χ4n) is 3.60. The first-order chi connectivity index (χ1) is 13.1. The summed E-state index contributed by atoms with van der Waals surface area (Å²) >= 11 is 0. The Bertz CT molecular complexity index is 1010. The van der Waals surface area contributed by atoms with E-state index in [0.717, 1.165) is 53.6 Å². The van der Waals surface area contributed by atoms with Gasteiger partial charge in [0.15, 0.2) is 0 Å². The summed E-state index contributed by atoms with van der Waals surface area (Å²) in [6.07, 6.45) is 2.61. The van der Waals surface area contributed by atoms with E-state index in [-0.39, 0.29) is 11.4 Å². The summed E-state index contributed by atoms with van der Waals surface area (Å²) in [5.41, 5.74) is 3.34. The number of fused-ring (bicyclic) bond motifs is 3. The summed E-state index contributed by atoms with van der Waals surface area (Å²) in [4.78, 5) is 14.2. The van der Waals surface area contributed by atoms with Gasteiger partial charge in [-0.3, -0.25) is 4.90 Å². The number of halogens is 1. The normalized spacial score (nSPS) is 14.1. The lowest BCUT2D eigenvalue weighted by Crippen LogP contribution is -2.33. The van der Waals surface area contributed by atoms with E-state index in [9.17, 15) is 9.18 Å². The van der Waals surface area contributed by atoms with Gasteiger partial charge in [-0.2, -0.15) is 0 Å². The van der Waals surface area contributed by atoms with Gasteiger partial charge in [0.2, 0.25) is 0 Å². The Kier molecular flexibility index (Phi) is 4.94. The molecule has 0 N–H and O–H groups in total. The molecule has 4 nitrogen and oxygen atoms in total. The quantitative estimate of drug-likeness (QED) is 0.632. The van der Waals surface area contributed by atoms with Gasteiger partial charge in [-0.05, 0) is 48.2 Å². The van der Waals surface area contributed by atoms with E-state index in [1.54, 1.807) is 18.2 Å². The lowest BCUT2D eigenvalue weighted by atomic mass is 10.0. The van der Waals surface area contributed by atoms with Crippen LogP contribution in [-0.4, -0.2) is 18.2 Å². The van der Waals surface area contributed by atoms with Crippen molar-refractivity contribution >= 4 is 11.0 Å². The van der Waals surface area contributed by atoms with E-state index in [4.69, 9.17) is 9.15 Å². The second-order valence-corrected chi connectivity index (χ2v) is 6.96. The molecular weight excluding hydrogens is 345 g/mol. The molecule has 0 radical (unpaired) electrons. The van der Waals surface area contributed by atoms with E-state index in [1.807, 2.05) is 12.1 Å². The Hall–Kier alpha value is -2.66. The van der Waals surface area contributed by atoms with Gasteiger partial charge < -0.3 is 9.15 Å². The zero-order chi connectivity index (χ0) is 18.8. The molecule has 140 valence electrons. The van der Waals surface area contributed by atoms with Crippen LogP contribution in [0.4, 0.5) is 4.39 Å². The second-order valence-electron chi connectivity index (χ2n) is 6.96. The number of hydrogen-bond donors (Lipinski definition) is 0. The molecule has 0 aliphatic carbocycles. The highest BCUT2D eigenvalue weighted by Crippen LogP contribution is 2.33. The molecule has 0 unspecified atom stereocenters. The highest BCUT2D eigenvalue weighted by atomic mass is 19.1. The Labute approximate surface area is 157 Å². The van der Waals surface area contributed by atoms with Gasteiger partial charge >= 0.3 is 5.63 Å². The molecule has 0 bridgehead atoms. The molecule has 3 aromatic rings. The maximum atomic E-state index is 13.0. The molecule has 27 heavy (non-hydrogen) atoms. The fourth-order valence-corrected chi connectivity index (χ4v) is 3.60. The maximum absolute atomic E-state index is 13.0.